The number of Topliss-reactive ketones (excluding diaryl/α,β-unsaturated/α-hetero) is 4. The Labute approximate surface area is 182 Å². The molecule has 1 saturated heterocycles. The Balaban J connectivity index is 1.72. The Bertz CT molecular complexity index is 1190. The van der Waals surface area contributed by atoms with Crippen LogP contribution in [0.15, 0.2) is 48.5 Å². The second-order valence-electron chi connectivity index (χ2n) is 8.58. The summed E-state index contributed by atoms with van der Waals surface area (Å²) in [6.07, 6.45) is -0.558. The average Bonchev–Trinajstić information content (AvgIpc) is 3.33. The van der Waals surface area contributed by atoms with Crippen molar-refractivity contribution in [2.75, 3.05) is 20.7 Å². The lowest BCUT2D eigenvalue weighted by atomic mass is 9.65. The highest BCUT2D eigenvalue weighted by Crippen LogP contribution is 2.56. The van der Waals surface area contributed by atoms with Crippen LogP contribution in [-0.4, -0.2) is 71.0 Å². The van der Waals surface area contributed by atoms with E-state index in [0.29, 0.717) is 0 Å². The van der Waals surface area contributed by atoms with Crippen molar-refractivity contribution >= 4 is 29.1 Å². The number of aliphatic hydroxyl groups is 1. The number of carbonyl (C=O) groups is 5. The van der Waals surface area contributed by atoms with Gasteiger partial charge in [0.25, 0.3) is 0 Å². The number of likely N-dealkylation sites (N-methyl/N-ethyl adjacent to an activating group) is 1. The van der Waals surface area contributed by atoms with Crippen molar-refractivity contribution in [3.63, 3.8) is 0 Å². The van der Waals surface area contributed by atoms with E-state index in [0.717, 1.165) is 7.11 Å². The van der Waals surface area contributed by atoms with E-state index in [1.807, 2.05) is 0 Å². The molecule has 2 aliphatic carbocycles. The maximum Gasteiger partial charge on any atom is 0.317 e. The number of hydrogen-bond donors (Lipinski definition) is 1. The lowest BCUT2D eigenvalue weighted by molar-refractivity contribution is -0.162. The number of likely N-dealkylation sites (tertiary alicyclic amines) is 1. The fourth-order valence-corrected chi connectivity index (χ4v) is 5.63. The maximum atomic E-state index is 13.5. The van der Waals surface area contributed by atoms with Crippen LogP contribution in [0, 0.1) is 5.41 Å². The van der Waals surface area contributed by atoms with Crippen molar-refractivity contribution in [3.05, 3.63) is 70.8 Å². The molecule has 0 bridgehead atoms. The molecule has 32 heavy (non-hydrogen) atoms. The number of rotatable bonds is 2. The van der Waals surface area contributed by atoms with Gasteiger partial charge in [0, 0.05) is 35.2 Å². The monoisotopic (exact) mass is 433 g/mol. The van der Waals surface area contributed by atoms with Gasteiger partial charge in [-0.2, -0.15) is 0 Å². The van der Waals surface area contributed by atoms with E-state index in [1.54, 1.807) is 24.3 Å². The predicted octanol–water partition coefficient (Wildman–Crippen LogP) is 1.11. The molecule has 1 fully saturated rings. The number of esters is 1. The molecule has 3 aliphatic rings. The number of fused-ring (bicyclic) bond motifs is 2. The summed E-state index contributed by atoms with van der Waals surface area (Å²) in [6, 6.07) is 12.2. The Morgan fingerprint density at radius 2 is 1.25 bits per heavy atom. The minimum Gasteiger partial charge on any atom is -0.468 e. The molecule has 1 unspecified atom stereocenters. The fourth-order valence-electron chi connectivity index (χ4n) is 5.63. The first-order chi connectivity index (χ1) is 15.2. The highest BCUT2D eigenvalue weighted by Gasteiger charge is 2.77. The van der Waals surface area contributed by atoms with Gasteiger partial charge in [-0.1, -0.05) is 48.5 Å². The standard InChI is InChI=1S/C24H19NO7/c1-25-12-22(21(30)32-2,24(31)19(28)15-9-5-6-10-16(15)20(24)29)11-23(25)17(26)13-7-3-4-8-14(13)18(23)27/h3-10,31H,11-12H2,1-2H3. The molecule has 8 heteroatoms. The van der Waals surface area contributed by atoms with Crippen molar-refractivity contribution in [2.24, 2.45) is 5.41 Å². The van der Waals surface area contributed by atoms with E-state index in [4.69, 9.17) is 4.74 Å². The van der Waals surface area contributed by atoms with Crippen molar-refractivity contribution in [3.8, 4) is 0 Å². The van der Waals surface area contributed by atoms with Crippen molar-refractivity contribution in [1.82, 2.24) is 4.90 Å². The van der Waals surface area contributed by atoms with Crippen molar-refractivity contribution < 1.29 is 33.8 Å². The van der Waals surface area contributed by atoms with Crippen molar-refractivity contribution in [1.29, 1.82) is 0 Å². The largest absolute Gasteiger partial charge is 0.468 e. The zero-order chi connectivity index (χ0) is 23.1. The third kappa shape index (κ3) is 2.02. The van der Waals surface area contributed by atoms with Gasteiger partial charge in [-0.05, 0) is 7.05 Å². The number of hydrogen-bond acceptors (Lipinski definition) is 8. The molecular weight excluding hydrogens is 414 g/mol. The molecule has 1 N–H and O–H groups in total. The summed E-state index contributed by atoms with van der Waals surface area (Å²) >= 11 is 0. The van der Waals surface area contributed by atoms with Crippen LogP contribution in [0.25, 0.3) is 0 Å². The summed E-state index contributed by atoms with van der Waals surface area (Å²) in [5.74, 6) is -3.99. The SMILES string of the molecule is COC(=O)C1(C2(O)C(=O)c3ccccc3C2=O)CN(C)C2(C1)C(=O)c1ccccc1C2=O. The molecule has 0 amide bonds. The first kappa shape index (κ1) is 20.4. The molecule has 5 rings (SSSR count). The van der Waals surface area contributed by atoms with Gasteiger partial charge in [-0.25, -0.2) is 0 Å². The highest BCUT2D eigenvalue weighted by molar-refractivity contribution is 6.36. The van der Waals surface area contributed by atoms with Gasteiger partial charge in [-0.3, -0.25) is 28.9 Å². The Kier molecular flexibility index (Phi) is 4.00. The summed E-state index contributed by atoms with van der Waals surface area (Å²) in [4.78, 5) is 68.2. The van der Waals surface area contributed by atoms with Gasteiger partial charge in [0.1, 0.15) is 11.0 Å². The van der Waals surface area contributed by atoms with Crippen LogP contribution >= 0.6 is 0 Å². The molecule has 2 aromatic carbocycles. The topological polar surface area (TPSA) is 118 Å². The minimum absolute atomic E-state index is 0.0146. The number of ketones is 4. The summed E-state index contributed by atoms with van der Waals surface area (Å²) in [5.41, 5.74) is -6.43. The second kappa shape index (κ2) is 6.27. The molecule has 0 saturated carbocycles. The van der Waals surface area contributed by atoms with E-state index >= 15 is 0 Å². The first-order valence-electron chi connectivity index (χ1n) is 10.1. The van der Waals surface area contributed by atoms with E-state index in [2.05, 4.69) is 0 Å². The van der Waals surface area contributed by atoms with Gasteiger partial charge in [0.05, 0.1) is 7.11 Å². The second-order valence-corrected chi connectivity index (χ2v) is 8.58. The molecule has 1 atom stereocenters. The van der Waals surface area contributed by atoms with Gasteiger partial charge in [0.15, 0.2) is 11.6 Å². The number of methoxy groups -OCH3 is 1. The zero-order valence-corrected chi connectivity index (χ0v) is 17.4. The Morgan fingerprint density at radius 3 is 1.66 bits per heavy atom. The van der Waals surface area contributed by atoms with E-state index in [9.17, 15) is 29.1 Å². The van der Waals surface area contributed by atoms with Gasteiger partial charge in [-0.15, -0.1) is 0 Å². The van der Waals surface area contributed by atoms with Crippen LogP contribution in [0.5, 0.6) is 0 Å². The first-order valence-corrected chi connectivity index (χ1v) is 10.1. The van der Waals surface area contributed by atoms with Crippen LogP contribution < -0.4 is 0 Å². The smallest absolute Gasteiger partial charge is 0.317 e. The number of ether oxygens (including phenoxy) is 1. The minimum atomic E-state index is -2.81. The zero-order valence-electron chi connectivity index (χ0n) is 17.4. The highest BCUT2D eigenvalue weighted by atomic mass is 16.5. The van der Waals surface area contributed by atoms with Crippen LogP contribution in [0.4, 0.5) is 0 Å². The van der Waals surface area contributed by atoms with Gasteiger partial charge >= 0.3 is 5.97 Å². The van der Waals surface area contributed by atoms with Crippen molar-refractivity contribution in [2.45, 2.75) is 17.6 Å². The van der Waals surface area contributed by atoms with E-state index in [1.165, 1.54) is 36.2 Å². The van der Waals surface area contributed by atoms with Gasteiger partial charge in [0.2, 0.25) is 17.2 Å². The summed E-state index contributed by atoms with van der Waals surface area (Å²) in [7, 11) is 2.54. The van der Waals surface area contributed by atoms with Crippen LogP contribution in [0.3, 0.4) is 0 Å². The Morgan fingerprint density at radius 1 is 0.844 bits per heavy atom. The molecule has 0 radical (unpaired) electrons. The summed E-state index contributed by atoms with van der Waals surface area (Å²) in [6.45, 7) is -0.396. The fraction of sp³-hybridized carbons (Fsp3) is 0.292. The molecule has 162 valence electrons. The number of nitrogens with zero attached hydrogens (tertiary/aromatic N) is 1. The quantitative estimate of drug-likeness (QED) is 0.553. The third-order valence-corrected chi connectivity index (χ3v) is 7.23. The number of benzene rings is 2. The molecular formula is C24H19NO7. The molecule has 1 aliphatic heterocycles. The van der Waals surface area contributed by atoms with Gasteiger partial charge < -0.3 is 9.84 Å². The molecule has 0 aromatic heterocycles. The Hall–Kier alpha value is -3.49. The van der Waals surface area contributed by atoms with E-state index in [-0.39, 0.29) is 22.3 Å². The third-order valence-electron chi connectivity index (χ3n) is 7.23. The average molecular weight is 433 g/mol. The normalized spacial score (nSPS) is 25.3. The van der Waals surface area contributed by atoms with Crippen LogP contribution in [-0.2, 0) is 9.53 Å². The van der Waals surface area contributed by atoms with Crippen LogP contribution in [0.2, 0.25) is 0 Å². The summed E-state index contributed by atoms with van der Waals surface area (Å²) < 4.78 is 4.96. The lowest BCUT2D eigenvalue weighted by Gasteiger charge is -2.37. The molecule has 8 nitrogen and oxygen atoms in total. The molecule has 1 heterocycles. The molecule has 2 aromatic rings. The summed E-state index contributed by atoms with van der Waals surface area (Å²) in [5, 5.41) is 11.7. The van der Waals surface area contributed by atoms with Crippen LogP contribution in [0.1, 0.15) is 47.9 Å². The van der Waals surface area contributed by atoms with E-state index < -0.39 is 58.6 Å². The molecule has 1 spiro atoms. The lowest BCUT2D eigenvalue weighted by Crippen LogP contribution is -2.62. The maximum absolute atomic E-state index is 13.5. The predicted molar refractivity (Wildman–Crippen MR) is 110 cm³/mol. The number of carbonyl (C=O) groups excluding carboxylic acids is 5.